The number of rotatable bonds is 6. The van der Waals surface area contributed by atoms with Crippen molar-refractivity contribution in [3.8, 4) is 5.75 Å². The molecular weight excluding hydrogens is 372 g/mol. The van der Waals surface area contributed by atoms with E-state index in [-0.39, 0.29) is 24.7 Å². The van der Waals surface area contributed by atoms with Crippen LogP contribution >= 0.6 is 0 Å². The summed E-state index contributed by atoms with van der Waals surface area (Å²) in [5.41, 5.74) is 2.43. The van der Waals surface area contributed by atoms with Gasteiger partial charge in [0.1, 0.15) is 12.4 Å². The van der Waals surface area contributed by atoms with Gasteiger partial charge in [-0.05, 0) is 31.0 Å². The molecule has 0 bridgehead atoms. The van der Waals surface area contributed by atoms with E-state index in [1.807, 2.05) is 24.8 Å². The molecule has 2 aliphatic heterocycles. The van der Waals surface area contributed by atoms with E-state index >= 15 is 0 Å². The molecule has 156 valence electrons. The number of fused-ring (bicyclic) bond motifs is 1. The van der Waals surface area contributed by atoms with Crippen LogP contribution in [0.3, 0.4) is 0 Å². The van der Waals surface area contributed by atoms with Crippen LogP contribution in [0.15, 0.2) is 22.7 Å². The number of amides is 1. The Hall–Kier alpha value is -2.45. The van der Waals surface area contributed by atoms with Gasteiger partial charge in [0.15, 0.2) is 5.82 Å². The van der Waals surface area contributed by atoms with Crippen LogP contribution in [-0.2, 0) is 29.1 Å². The number of hydrogen-bond donors (Lipinski definition) is 0. The number of aromatic nitrogens is 2. The summed E-state index contributed by atoms with van der Waals surface area (Å²) >= 11 is 0. The number of aryl methyl sites for hydroxylation is 1. The van der Waals surface area contributed by atoms with Gasteiger partial charge in [-0.25, -0.2) is 0 Å². The summed E-state index contributed by atoms with van der Waals surface area (Å²) in [7, 11) is 0. The van der Waals surface area contributed by atoms with Crippen molar-refractivity contribution in [1.29, 1.82) is 0 Å². The van der Waals surface area contributed by atoms with E-state index in [1.54, 1.807) is 6.92 Å². The second kappa shape index (κ2) is 8.51. The molecule has 0 saturated carbocycles. The molecule has 29 heavy (non-hydrogen) atoms. The summed E-state index contributed by atoms with van der Waals surface area (Å²) in [6.07, 6.45) is 0.819. The van der Waals surface area contributed by atoms with Crippen molar-refractivity contribution < 1.29 is 18.8 Å². The molecule has 8 heteroatoms. The zero-order valence-corrected chi connectivity index (χ0v) is 17.3. The highest BCUT2D eigenvalue weighted by Gasteiger charge is 2.30. The van der Waals surface area contributed by atoms with Gasteiger partial charge < -0.3 is 18.9 Å². The lowest BCUT2D eigenvalue weighted by Gasteiger charge is -2.27. The van der Waals surface area contributed by atoms with Crippen molar-refractivity contribution in [2.24, 2.45) is 0 Å². The average Bonchev–Trinajstić information content (AvgIpc) is 3.27. The molecule has 2 aromatic rings. The molecule has 1 aromatic carbocycles. The maximum absolute atomic E-state index is 12.8. The lowest BCUT2D eigenvalue weighted by atomic mass is 10.1. The molecule has 1 amide bonds. The molecule has 8 nitrogen and oxygen atoms in total. The minimum Gasteiger partial charge on any atom is -0.493 e. The Morgan fingerprint density at radius 1 is 1.31 bits per heavy atom. The minimum absolute atomic E-state index is 0.123. The number of nitrogens with zero attached hydrogens (tertiary/aromatic N) is 4. The molecule has 1 aromatic heterocycles. The molecule has 1 fully saturated rings. The third kappa shape index (κ3) is 4.76. The SMILES string of the molecule is Cc1nc(CO[C@H]2CN(Cc3ccc4c(c3)CCO4)CC(=O)N(C(C)C)C2)no1. The zero-order valence-electron chi connectivity index (χ0n) is 17.3. The Kier molecular flexibility index (Phi) is 5.82. The molecule has 4 rings (SSSR count). The van der Waals surface area contributed by atoms with Crippen LogP contribution in [0.25, 0.3) is 0 Å². The van der Waals surface area contributed by atoms with E-state index in [9.17, 15) is 4.79 Å². The lowest BCUT2D eigenvalue weighted by molar-refractivity contribution is -0.133. The Labute approximate surface area is 170 Å². The Morgan fingerprint density at radius 2 is 2.17 bits per heavy atom. The predicted molar refractivity (Wildman–Crippen MR) is 105 cm³/mol. The quantitative estimate of drug-likeness (QED) is 0.733. The third-order valence-corrected chi connectivity index (χ3v) is 5.34. The van der Waals surface area contributed by atoms with E-state index in [4.69, 9.17) is 14.0 Å². The Balaban J connectivity index is 1.46. The molecule has 0 spiro atoms. The van der Waals surface area contributed by atoms with Gasteiger partial charge in [0, 0.05) is 39.0 Å². The van der Waals surface area contributed by atoms with E-state index in [0.717, 1.165) is 18.8 Å². The van der Waals surface area contributed by atoms with Crippen LogP contribution < -0.4 is 4.74 Å². The lowest BCUT2D eigenvalue weighted by Crippen LogP contribution is -2.42. The molecule has 1 atom stereocenters. The molecular formula is C21H28N4O4. The highest BCUT2D eigenvalue weighted by atomic mass is 16.5. The van der Waals surface area contributed by atoms with Crippen LogP contribution in [0.5, 0.6) is 5.75 Å². The molecule has 2 aliphatic rings. The van der Waals surface area contributed by atoms with Crippen LogP contribution in [0, 0.1) is 6.92 Å². The standard InChI is InChI=1S/C21H28N4O4/c1-14(2)25-11-18(28-13-20-22-15(3)29-23-20)10-24(12-21(25)26)9-16-4-5-19-17(8-16)6-7-27-19/h4-5,8,14,18H,6-7,9-13H2,1-3H3/t18-/m0/s1. The second-order valence-electron chi connectivity index (χ2n) is 8.01. The molecule has 1 saturated heterocycles. The maximum atomic E-state index is 12.8. The van der Waals surface area contributed by atoms with Crippen LogP contribution in [0.4, 0.5) is 0 Å². The minimum atomic E-state index is -0.125. The van der Waals surface area contributed by atoms with Crippen LogP contribution in [0.2, 0.25) is 0 Å². The second-order valence-corrected chi connectivity index (χ2v) is 8.01. The Bertz CT molecular complexity index is 866. The summed E-state index contributed by atoms with van der Waals surface area (Å²) in [5.74, 6) is 2.15. The first-order valence-electron chi connectivity index (χ1n) is 10.1. The van der Waals surface area contributed by atoms with Gasteiger partial charge >= 0.3 is 0 Å². The van der Waals surface area contributed by atoms with E-state index in [1.165, 1.54) is 11.1 Å². The number of hydrogen-bond acceptors (Lipinski definition) is 7. The maximum Gasteiger partial charge on any atom is 0.237 e. The normalized spacial score (nSPS) is 20.1. The summed E-state index contributed by atoms with van der Waals surface area (Å²) < 4.78 is 16.7. The van der Waals surface area contributed by atoms with E-state index in [0.29, 0.717) is 37.9 Å². The van der Waals surface area contributed by atoms with Crippen molar-refractivity contribution in [3.63, 3.8) is 0 Å². The number of ether oxygens (including phenoxy) is 2. The fraction of sp³-hybridized carbons (Fsp3) is 0.571. The summed E-state index contributed by atoms with van der Waals surface area (Å²) in [4.78, 5) is 21.1. The number of carbonyl (C=O) groups is 1. The van der Waals surface area contributed by atoms with Gasteiger partial charge in [-0.1, -0.05) is 17.3 Å². The van der Waals surface area contributed by atoms with E-state index in [2.05, 4.69) is 27.2 Å². The van der Waals surface area contributed by atoms with Crippen molar-refractivity contribution in [3.05, 3.63) is 41.0 Å². The summed E-state index contributed by atoms with van der Waals surface area (Å²) in [6, 6.07) is 6.43. The first kappa shape index (κ1) is 19.8. The van der Waals surface area contributed by atoms with Crippen molar-refractivity contribution >= 4 is 5.91 Å². The molecule has 3 heterocycles. The van der Waals surface area contributed by atoms with Crippen LogP contribution in [-0.4, -0.2) is 64.2 Å². The number of carbonyl (C=O) groups excluding carboxylic acids is 1. The monoisotopic (exact) mass is 400 g/mol. The number of benzene rings is 1. The molecule has 0 aliphatic carbocycles. The fourth-order valence-corrected chi connectivity index (χ4v) is 3.93. The van der Waals surface area contributed by atoms with Crippen molar-refractivity contribution in [2.45, 2.75) is 52.5 Å². The smallest absolute Gasteiger partial charge is 0.237 e. The van der Waals surface area contributed by atoms with Gasteiger partial charge in [-0.3, -0.25) is 9.69 Å². The first-order valence-corrected chi connectivity index (χ1v) is 10.1. The summed E-state index contributed by atoms with van der Waals surface area (Å²) in [5, 5.41) is 3.90. The Morgan fingerprint density at radius 3 is 2.93 bits per heavy atom. The predicted octanol–water partition coefficient (Wildman–Crippen LogP) is 1.95. The van der Waals surface area contributed by atoms with Crippen molar-refractivity contribution in [1.82, 2.24) is 19.9 Å². The molecule has 0 N–H and O–H groups in total. The molecule has 0 radical (unpaired) electrons. The highest BCUT2D eigenvalue weighted by molar-refractivity contribution is 5.79. The van der Waals surface area contributed by atoms with Gasteiger partial charge in [0.25, 0.3) is 0 Å². The highest BCUT2D eigenvalue weighted by Crippen LogP contribution is 2.26. The fourth-order valence-electron chi connectivity index (χ4n) is 3.93. The van der Waals surface area contributed by atoms with Gasteiger partial charge in [0.2, 0.25) is 11.8 Å². The van der Waals surface area contributed by atoms with Gasteiger partial charge in [-0.15, -0.1) is 0 Å². The van der Waals surface area contributed by atoms with Crippen LogP contribution in [0.1, 0.15) is 36.7 Å². The first-order chi connectivity index (χ1) is 14.0. The summed E-state index contributed by atoms with van der Waals surface area (Å²) in [6.45, 7) is 9.15. The third-order valence-electron chi connectivity index (χ3n) is 5.34. The molecule has 0 unspecified atom stereocenters. The average molecular weight is 400 g/mol. The van der Waals surface area contributed by atoms with Crippen molar-refractivity contribution in [2.75, 3.05) is 26.2 Å². The zero-order chi connectivity index (χ0) is 20.4. The topological polar surface area (TPSA) is 80.9 Å². The largest absolute Gasteiger partial charge is 0.493 e. The van der Waals surface area contributed by atoms with E-state index < -0.39 is 0 Å². The van der Waals surface area contributed by atoms with Gasteiger partial charge in [-0.2, -0.15) is 4.98 Å². The van der Waals surface area contributed by atoms with Gasteiger partial charge in [0.05, 0.1) is 19.3 Å².